The maximum Gasteiger partial charge on any atom is 0.244 e. The van der Waals surface area contributed by atoms with Crippen LogP contribution in [-0.2, 0) is 16.9 Å². The third-order valence-electron chi connectivity index (χ3n) is 3.11. The maximum atomic E-state index is 12.2. The van der Waals surface area contributed by atoms with Crippen molar-refractivity contribution in [2.75, 3.05) is 0 Å². The smallest absolute Gasteiger partial charge is 0.244 e. The number of benzene rings is 1. The number of hydrogen-bond acceptors (Lipinski definition) is 4. The standard InChI is InChI=1S/C15H18N4O/c1-11-8-18-13(9-17-11)10-19-14(20)15(2,16)12-6-4-3-5-7-12/h3-9H,10,16H2,1-2H3,(H,19,20). The number of nitrogens with zero attached hydrogens (tertiary/aromatic N) is 2. The minimum Gasteiger partial charge on any atom is -0.348 e. The van der Waals surface area contributed by atoms with Crippen molar-refractivity contribution < 1.29 is 4.79 Å². The summed E-state index contributed by atoms with van der Waals surface area (Å²) >= 11 is 0. The van der Waals surface area contributed by atoms with E-state index >= 15 is 0 Å². The zero-order valence-corrected chi connectivity index (χ0v) is 11.6. The zero-order valence-electron chi connectivity index (χ0n) is 11.6. The Morgan fingerprint density at radius 2 is 1.95 bits per heavy atom. The number of nitrogens with two attached hydrogens (primary N) is 1. The molecule has 1 unspecified atom stereocenters. The van der Waals surface area contributed by atoms with Crippen molar-refractivity contribution in [2.45, 2.75) is 25.9 Å². The minimum absolute atomic E-state index is 0.244. The zero-order chi connectivity index (χ0) is 14.6. The van der Waals surface area contributed by atoms with Gasteiger partial charge in [0, 0.05) is 6.20 Å². The molecule has 0 aliphatic rings. The summed E-state index contributed by atoms with van der Waals surface area (Å²) in [5.74, 6) is -0.244. The molecule has 1 heterocycles. The molecular weight excluding hydrogens is 252 g/mol. The van der Waals surface area contributed by atoms with Crippen molar-refractivity contribution in [3.8, 4) is 0 Å². The summed E-state index contributed by atoms with van der Waals surface area (Å²) in [5.41, 5.74) is 7.36. The molecule has 5 nitrogen and oxygen atoms in total. The molecule has 1 aromatic carbocycles. The van der Waals surface area contributed by atoms with Crippen molar-refractivity contribution >= 4 is 5.91 Å². The van der Waals surface area contributed by atoms with Gasteiger partial charge in [-0.25, -0.2) is 0 Å². The summed E-state index contributed by atoms with van der Waals surface area (Å²) in [5, 5.41) is 2.79. The maximum absolute atomic E-state index is 12.2. The Balaban J connectivity index is 2.03. The Hall–Kier alpha value is -2.27. The molecule has 1 atom stereocenters. The molecule has 0 radical (unpaired) electrons. The van der Waals surface area contributed by atoms with E-state index in [1.807, 2.05) is 37.3 Å². The molecule has 0 saturated carbocycles. The lowest BCUT2D eigenvalue weighted by Gasteiger charge is -2.23. The molecule has 104 valence electrons. The highest BCUT2D eigenvalue weighted by atomic mass is 16.2. The first kappa shape index (κ1) is 14.1. The predicted octanol–water partition coefficient (Wildman–Crippen LogP) is 1.28. The number of carbonyl (C=O) groups excluding carboxylic acids is 1. The van der Waals surface area contributed by atoms with Gasteiger partial charge in [0.15, 0.2) is 0 Å². The molecule has 1 aromatic heterocycles. The fraction of sp³-hybridized carbons (Fsp3) is 0.267. The minimum atomic E-state index is -1.07. The number of amides is 1. The van der Waals surface area contributed by atoms with Gasteiger partial charge in [-0.15, -0.1) is 0 Å². The molecule has 3 N–H and O–H groups in total. The average Bonchev–Trinajstić information content (AvgIpc) is 2.47. The van der Waals surface area contributed by atoms with Gasteiger partial charge >= 0.3 is 0 Å². The molecule has 1 amide bonds. The van der Waals surface area contributed by atoms with Crippen LogP contribution in [0.1, 0.15) is 23.9 Å². The summed E-state index contributed by atoms with van der Waals surface area (Å²) in [7, 11) is 0. The number of aromatic nitrogens is 2. The Morgan fingerprint density at radius 1 is 1.25 bits per heavy atom. The van der Waals surface area contributed by atoms with Gasteiger partial charge in [0.05, 0.1) is 24.1 Å². The van der Waals surface area contributed by atoms with Gasteiger partial charge in [-0.3, -0.25) is 14.8 Å². The lowest BCUT2D eigenvalue weighted by Crippen LogP contribution is -2.48. The summed E-state index contributed by atoms with van der Waals surface area (Å²) in [6.07, 6.45) is 3.31. The largest absolute Gasteiger partial charge is 0.348 e. The van der Waals surface area contributed by atoms with E-state index in [9.17, 15) is 4.79 Å². The molecule has 0 aliphatic carbocycles. The lowest BCUT2D eigenvalue weighted by atomic mass is 9.92. The second-order valence-corrected chi connectivity index (χ2v) is 4.90. The van der Waals surface area contributed by atoms with Crippen LogP contribution in [0.25, 0.3) is 0 Å². The van der Waals surface area contributed by atoms with E-state index in [-0.39, 0.29) is 5.91 Å². The third kappa shape index (κ3) is 3.19. The van der Waals surface area contributed by atoms with Gasteiger partial charge in [-0.1, -0.05) is 30.3 Å². The Bertz CT molecular complexity index is 579. The topological polar surface area (TPSA) is 80.9 Å². The van der Waals surface area contributed by atoms with E-state index in [0.717, 1.165) is 11.3 Å². The van der Waals surface area contributed by atoms with E-state index < -0.39 is 5.54 Å². The Labute approximate surface area is 118 Å². The third-order valence-corrected chi connectivity index (χ3v) is 3.11. The summed E-state index contributed by atoms with van der Waals surface area (Å²) in [4.78, 5) is 20.5. The SMILES string of the molecule is Cc1cnc(CNC(=O)C(C)(N)c2ccccc2)cn1. The highest BCUT2D eigenvalue weighted by Gasteiger charge is 2.29. The van der Waals surface area contributed by atoms with Crippen LogP contribution < -0.4 is 11.1 Å². The summed E-state index contributed by atoms with van der Waals surface area (Å²) in [6.45, 7) is 3.87. The predicted molar refractivity (Wildman–Crippen MR) is 76.6 cm³/mol. The van der Waals surface area contributed by atoms with Crippen LogP contribution in [0.15, 0.2) is 42.7 Å². The first-order chi connectivity index (χ1) is 9.50. The van der Waals surface area contributed by atoms with Crippen molar-refractivity contribution in [2.24, 2.45) is 5.73 Å². The van der Waals surface area contributed by atoms with Crippen LogP contribution in [0, 0.1) is 6.92 Å². The lowest BCUT2D eigenvalue weighted by molar-refractivity contribution is -0.126. The van der Waals surface area contributed by atoms with Crippen LogP contribution in [0.4, 0.5) is 0 Å². The Morgan fingerprint density at radius 3 is 2.55 bits per heavy atom. The van der Waals surface area contributed by atoms with Crippen molar-refractivity contribution in [1.82, 2.24) is 15.3 Å². The molecule has 5 heteroatoms. The molecule has 0 aliphatic heterocycles. The van der Waals surface area contributed by atoms with E-state index in [4.69, 9.17) is 5.73 Å². The summed E-state index contributed by atoms with van der Waals surface area (Å²) in [6, 6.07) is 9.29. The van der Waals surface area contributed by atoms with Crippen LogP contribution in [0.2, 0.25) is 0 Å². The van der Waals surface area contributed by atoms with Gasteiger partial charge in [0.25, 0.3) is 0 Å². The quantitative estimate of drug-likeness (QED) is 0.876. The molecule has 2 aromatic rings. The summed E-state index contributed by atoms with van der Waals surface area (Å²) < 4.78 is 0. The van der Waals surface area contributed by atoms with Crippen LogP contribution in [0.5, 0.6) is 0 Å². The average molecular weight is 270 g/mol. The number of nitrogens with one attached hydrogen (secondary N) is 1. The fourth-order valence-corrected chi connectivity index (χ4v) is 1.78. The second-order valence-electron chi connectivity index (χ2n) is 4.90. The molecule has 0 saturated heterocycles. The van der Waals surface area contributed by atoms with Gasteiger partial charge < -0.3 is 11.1 Å². The van der Waals surface area contributed by atoms with Gasteiger partial charge in [0.2, 0.25) is 5.91 Å². The highest BCUT2D eigenvalue weighted by Crippen LogP contribution is 2.17. The molecule has 0 spiro atoms. The van der Waals surface area contributed by atoms with Crippen molar-refractivity contribution in [3.05, 3.63) is 59.7 Å². The van der Waals surface area contributed by atoms with E-state index in [1.54, 1.807) is 19.3 Å². The molecule has 0 bridgehead atoms. The number of aryl methyl sites for hydroxylation is 1. The monoisotopic (exact) mass is 270 g/mol. The number of carbonyl (C=O) groups is 1. The first-order valence-electron chi connectivity index (χ1n) is 6.40. The van der Waals surface area contributed by atoms with Gasteiger partial charge in [-0.05, 0) is 19.4 Å². The number of hydrogen-bond donors (Lipinski definition) is 2. The van der Waals surface area contributed by atoms with E-state index in [0.29, 0.717) is 12.2 Å². The molecular formula is C15H18N4O. The molecule has 2 rings (SSSR count). The molecule has 0 fully saturated rings. The normalized spacial score (nSPS) is 13.6. The van der Waals surface area contributed by atoms with Gasteiger partial charge in [-0.2, -0.15) is 0 Å². The highest BCUT2D eigenvalue weighted by molar-refractivity contribution is 5.86. The Kier molecular flexibility index (Phi) is 4.10. The van der Waals surface area contributed by atoms with Crippen LogP contribution in [0.3, 0.4) is 0 Å². The van der Waals surface area contributed by atoms with Crippen LogP contribution in [-0.4, -0.2) is 15.9 Å². The van der Waals surface area contributed by atoms with Gasteiger partial charge in [0.1, 0.15) is 5.54 Å². The van der Waals surface area contributed by atoms with Crippen molar-refractivity contribution in [3.63, 3.8) is 0 Å². The fourth-order valence-electron chi connectivity index (χ4n) is 1.78. The molecule has 20 heavy (non-hydrogen) atoms. The van der Waals surface area contributed by atoms with Crippen molar-refractivity contribution in [1.29, 1.82) is 0 Å². The second kappa shape index (κ2) is 5.79. The van der Waals surface area contributed by atoms with E-state index in [1.165, 1.54) is 0 Å². The number of rotatable bonds is 4. The van der Waals surface area contributed by atoms with Crippen LogP contribution >= 0.6 is 0 Å². The van der Waals surface area contributed by atoms with E-state index in [2.05, 4.69) is 15.3 Å². The first-order valence-corrected chi connectivity index (χ1v) is 6.40.